The molecule has 0 radical (unpaired) electrons. The number of halogens is 9. The molecule has 0 rings (SSSR count). The van der Waals surface area contributed by atoms with Gasteiger partial charge in [0, 0.05) is 42.1 Å². The molecule has 0 fully saturated rings. The van der Waals surface area contributed by atoms with Gasteiger partial charge in [-0.3, -0.25) is 0 Å². The maximum absolute atomic E-state index is 14.1. The van der Waals surface area contributed by atoms with Crippen molar-refractivity contribution in [2.45, 2.75) is 80.7 Å². The Morgan fingerprint density at radius 3 is 1.68 bits per heavy atom. The number of alkyl halides is 9. The summed E-state index contributed by atoms with van der Waals surface area (Å²) in [6.07, 6.45) is -10.2. The van der Waals surface area contributed by atoms with Crippen molar-refractivity contribution < 1.29 is 48.3 Å². The molecule has 0 spiro atoms. The van der Waals surface area contributed by atoms with Gasteiger partial charge in [0.1, 0.15) is 5.84 Å². The van der Waals surface area contributed by atoms with Crippen LogP contribution in [0.4, 0.5) is 35.1 Å². The molecule has 0 heterocycles. The highest BCUT2D eigenvalue weighted by Gasteiger charge is 2.74. The molecule has 5 nitrogen and oxygen atoms in total. The van der Waals surface area contributed by atoms with E-state index in [4.69, 9.17) is 0 Å². The lowest BCUT2D eigenvalue weighted by atomic mass is 10.2. The Kier molecular flexibility index (Phi) is 11.4. The van der Waals surface area contributed by atoms with Crippen LogP contribution in [0.1, 0.15) is 59.3 Å². The van der Waals surface area contributed by atoms with Gasteiger partial charge in [0.05, 0.1) is 0 Å². The Bertz CT molecular complexity index is 691. The number of rotatable bonds is 14. The quantitative estimate of drug-likeness (QED) is 0.0775. The summed E-state index contributed by atoms with van der Waals surface area (Å²) in [5, 5.41) is -6.34. The lowest BCUT2D eigenvalue weighted by Gasteiger charge is -2.30. The predicted octanol–water partition coefficient (Wildman–Crippen LogP) is 6.24. The minimum absolute atomic E-state index is 0.183. The Hall–Kier alpha value is -0.450. The summed E-state index contributed by atoms with van der Waals surface area (Å²) in [6, 6.07) is 0. The van der Waals surface area contributed by atoms with Crippen LogP contribution in [0.2, 0.25) is 0 Å². The maximum atomic E-state index is 14.1. The molecule has 0 amide bonds. The lowest BCUT2D eigenvalue weighted by Crippen LogP contribution is -2.54. The highest BCUT2D eigenvalue weighted by molar-refractivity contribution is 14.1. The molecule has 0 aromatic rings. The van der Waals surface area contributed by atoms with Crippen LogP contribution in [0.3, 0.4) is 0 Å². The van der Waals surface area contributed by atoms with Crippen molar-refractivity contribution in [3.05, 3.63) is 0 Å². The van der Waals surface area contributed by atoms with Gasteiger partial charge in [-0.05, 0) is 19.3 Å². The van der Waals surface area contributed by atoms with Crippen LogP contribution in [0, 0.1) is 0 Å². The maximum Gasteiger partial charge on any atom is 0.455 e. The standard InChI is InChI=1S/C16H25F8IN2O3S/c1-4-7-10-27(11-8-5-2)12(9-6-3)26-31(28,29)16(23,24)15(21,22)30-14(19,20)13(17,18)25/h4-11H2,1-3H3/b26-12+. The Morgan fingerprint density at radius 1 is 0.871 bits per heavy atom. The topological polar surface area (TPSA) is 59.0 Å². The van der Waals surface area contributed by atoms with Gasteiger partial charge in [-0.1, -0.05) is 33.6 Å². The molecule has 31 heavy (non-hydrogen) atoms. The Balaban J connectivity index is 6.19. The van der Waals surface area contributed by atoms with Crippen LogP contribution in [0.25, 0.3) is 0 Å². The molecular formula is C16H25F8IN2O3S. The molecule has 0 aliphatic heterocycles. The van der Waals surface area contributed by atoms with Crippen molar-refractivity contribution in [1.29, 1.82) is 0 Å². The number of ether oxygens (including phenoxy) is 1. The van der Waals surface area contributed by atoms with Gasteiger partial charge in [0.2, 0.25) is 0 Å². The number of unbranched alkanes of at least 4 members (excludes halogenated alkanes) is 2. The average Bonchev–Trinajstić information content (AvgIpc) is 2.59. The first-order valence-electron chi connectivity index (χ1n) is 9.38. The monoisotopic (exact) mass is 604 g/mol. The first kappa shape index (κ1) is 30.6. The van der Waals surface area contributed by atoms with Gasteiger partial charge in [0.15, 0.2) is 0 Å². The highest BCUT2D eigenvalue weighted by atomic mass is 127. The zero-order chi connectivity index (χ0) is 24.7. The van der Waals surface area contributed by atoms with E-state index in [-0.39, 0.29) is 48.5 Å². The smallest absolute Gasteiger partial charge is 0.359 e. The van der Waals surface area contributed by atoms with Gasteiger partial charge in [-0.15, -0.1) is 4.40 Å². The molecule has 0 aliphatic rings. The van der Waals surface area contributed by atoms with Crippen LogP contribution in [-0.4, -0.2) is 53.6 Å². The fourth-order valence-electron chi connectivity index (χ4n) is 2.18. The van der Waals surface area contributed by atoms with E-state index in [2.05, 4.69) is 9.13 Å². The van der Waals surface area contributed by atoms with Crippen LogP contribution < -0.4 is 0 Å². The Morgan fingerprint density at radius 2 is 1.32 bits per heavy atom. The first-order chi connectivity index (χ1) is 13.9. The molecule has 186 valence electrons. The van der Waals surface area contributed by atoms with E-state index < -0.39 is 37.3 Å². The molecule has 0 aromatic heterocycles. The van der Waals surface area contributed by atoms with Crippen LogP contribution in [-0.2, 0) is 14.8 Å². The van der Waals surface area contributed by atoms with Crippen molar-refractivity contribution in [3.8, 4) is 0 Å². The molecular weight excluding hydrogens is 579 g/mol. The minimum atomic E-state index is -6.50. The number of nitrogens with zero attached hydrogens (tertiary/aromatic N) is 2. The summed E-state index contributed by atoms with van der Waals surface area (Å²) in [6.45, 7) is 5.56. The van der Waals surface area contributed by atoms with Gasteiger partial charge >= 0.3 is 31.4 Å². The largest absolute Gasteiger partial charge is 0.455 e. The highest BCUT2D eigenvalue weighted by Crippen LogP contribution is 2.49. The molecule has 0 aliphatic carbocycles. The normalized spacial score (nSPS) is 14.8. The van der Waals surface area contributed by atoms with Crippen molar-refractivity contribution >= 4 is 38.4 Å². The van der Waals surface area contributed by atoms with E-state index in [0.717, 1.165) is 0 Å². The third kappa shape index (κ3) is 8.12. The second kappa shape index (κ2) is 11.6. The third-order valence-corrected chi connectivity index (χ3v) is 5.84. The summed E-state index contributed by atoms with van der Waals surface area (Å²) in [7, 11) is -6.49. The van der Waals surface area contributed by atoms with Crippen molar-refractivity contribution in [3.63, 3.8) is 0 Å². The summed E-state index contributed by atoms with van der Waals surface area (Å²) >= 11 is -0.297. The second-order valence-electron chi connectivity index (χ2n) is 6.58. The molecule has 0 atom stereocenters. The zero-order valence-electron chi connectivity index (χ0n) is 17.1. The predicted molar refractivity (Wildman–Crippen MR) is 108 cm³/mol. The number of amidine groups is 1. The lowest BCUT2D eigenvalue weighted by molar-refractivity contribution is -0.438. The Labute approximate surface area is 189 Å². The second-order valence-corrected chi connectivity index (χ2v) is 9.58. The van der Waals surface area contributed by atoms with Crippen molar-refractivity contribution in [1.82, 2.24) is 4.90 Å². The first-order valence-corrected chi connectivity index (χ1v) is 11.9. The van der Waals surface area contributed by atoms with Crippen LogP contribution >= 0.6 is 22.6 Å². The summed E-state index contributed by atoms with van der Waals surface area (Å²) in [5.74, 6) is -0.453. The minimum Gasteiger partial charge on any atom is -0.359 e. The van der Waals surface area contributed by atoms with Crippen molar-refractivity contribution in [2.24, 2.45) is 4.40 Å². The number of hydrogen-bond donors (Lipinski definition) is 0. The summed E-state index contributed by atoms with van der Waals surface area (Å²) in [4.78, 5) is 1.34. The average molecular weight is 604 g/mol. The zero-order valence-corrected chi connectivity index (χ0v) is 20.1. The molecule has 0 bridgehead atoms. The fourth-order valence-corrected chi connectivity index (χ4v) is 3.23. The number of hydrogen-bond acceptors (Lipinski definition) is 3. The van der Waals surface area contributed by atoms with E-state index in [1.807, 2.05) is 0 Å². The number of sulfonamides is 1. The summed E-state index contributed by atoms with van der Waals surface area (Å²) in [5.41, 5.74) is 0. The van der Waals surface area contributed by atoms with E-state index >= 15 is 0 Å². The molecule has 0 saturated heterocycles. The van der Waals surface area contributed by atoms with Gasteiger partial charge < -0.3 is 4.90 Å². The molecule has 0 N–H and O–H groups in total. The molecule has 0 unspecified atom stereocenters. The van der Waals surface area contributed by atoms with Gasteiger partial charge in [0.25, 0.3) is 0 Å². The van der Waals surface area contributed by atoms with Crippen molar-refractivity contribution in [2.75, 3.05) is 13.1 Å². The van der Waals surface area contributed by atoms with E-state index in [9.17, 15) is 43.5 Å². The fraction of sp³-hybridized carbons (Fsp3) is 0.938. The SMILES string of the molecule is CCCCN(CCCC)/C(CCC)=N/S(=O)(=O)C(F)(F)C(F)(F)OC(F)(F)C(F)(F)I. The third-order valence-electron chi connectivity index (χ3n) is 3.88. The molecule has 15 heteroatoms. The molecule has 0 saturated carbocycles. The van der Waals surface area contributed by atoms with Gasteiger partial charge in [-0.25, -0.2) is 4.74 Å². The van der Waals surface area contributed by atoms with E-state index in [1.54, 1.807) is 20.8 Å². The van der Waals surface area contributed by atoms with Gasteiger partial charge in [-0.2, -0.15) is 43.5 Å². The van der Waals surface area contributed by atoms with E-state index in [1.165, 1.54) is 4.90 Å². The van der Waals surface area contributed by atoms with Crippen LogP contribution in [0.15, 0.2) is 4.40 Å². The summed E-state index contributed by atoms with van der Waals surface area (Å²) < 4.78 is 131. The van der Waals surface area contributed by atoms with Crippen LogP contribution in [0.5, 0.6) is 0 Å². The van der Waals surface area contributed by atoms with E-state index in [0.29, 0.717) is 25.7 Å². The molecule has 0 aromatic carbocycles.